The summed E-state index contributed by atoms with van der Waals surface area (Å²) in [6, 6.07) is 0. The lowest BCUT2D eigenvalue weighted by molar-refractivity contribution is 0.314. The zero-order valence-corrected chi connectivity index (χ0v) is 9.05. The van der Waals surface area contributed by atoms with Gasteiger partial charge >= 0.3 is 0 Å². The van der Waals surface area contributed by atoms with Crippen molar-refractivity contribution < 1.29 is 0 Å². The van der Waals surface area contributed by atoms with Gasteiger partial charge in [0.25, 0.3) is 0 Å². The number of hydrogen-bond acceptors (Lipinski definition) is 1. The predicted octanol–water partition coefficient (Wildman–Crippen LogP) is 2.67. The first kappa shape index (κ1) is 9.51. The topological polar surface area (TPSA) is 12.0 Å². The molecule has 76 valence electrons. The second-order valence-corrected chi connectivity index (χ2v) is 5.49. The summed E-state index contributed by atoms with van der Waals surface area (Å²) in [6.45, 7) is 7.06. The zero-order valence-electron chi connectivity index (χ0n) is 9.05. The molecule has 0 aromatic heterocycles. The van der Waals surface area contributed by atoms with Crippen LogP contribution in [-0.2, 0) is 0 Å². The first-order chi connectivity index (χ1) is 6.25. The molecule has 2 fully saturated rings. The Bertz CT molecular complexity index is 165. The van der Waals surface area contributed by atoms with E-state index in [1.807, 2.05) is 0 Å². The number of hydrogen-bond donors (Lipinski definition) is 1. The molecule has 0 radical (unpaired) electrons. The Kier molecular flexibility index (Phi) is 2.92. The minimum atomic E-state index is 0.804. The van der Waals surface area contributed by atoms with Crippen LogP contribution in [0.2, 0.25) is 0 Å². The molecule has 1 nitrogen and oxygen atoms in total. The van der Waals surface area contributed by atoms with Crippen molar-refractivity contribution in [1.82, 2.24) is 5.32 Å². The van der Waals surface area contributed by atoms with Crippen LogP contribution in [0.3, 0.4) is 0 Å². The second kappa shape index (κ2) is 4.00. The van der Waals surface area contributed by atoms with Gasteiger partial charge in [-0.25, -0.2) is 0 Å². The van der Waals surface area contributed by atoms with Crippen molar-refractivity contribution in [2.75, 3.05) is 13.1 Å². The van der Waals surface area contributed by atoms with Crippen molar-refractivity contribution in [3.8, 4) is 0 Å². The molecule has 3 atom stereocenters. The van der Waals surface area contributed by atoms with E-state index in [0.29, 0.717) is 0 Å². The lowest BCUT2D eigenvalue weighted by Crippen LogP contribution is -2.29. The fourth-order valence-corrected chi connectivity index (χ4v) is 3.18. The zero-order chi connectivity index (χ0) is 9.26. The van der Waals surface area contributed by atoms with Crippen molar-refractivity contribution in [1.29, 1.82) is 0 Å². The first-order valence-corrected chi connectivity index (χ1v) is 5.96. The second-order valence-electron chi connectivity index (χ2n) is 5.49. The standard InChI is InChI=1S/C12H23N/c1-9(2)7-13-8-12-6-10-3-4-11(12)5-10/h9-13H,3-8H2,1-2H3. The summed E-state index contributed by atoms with van der Waals surface area (Å²) in [4.78, 5) is 0. The van der Waals surface area contributed by atoms with Gasteiger partial charge in [0, 0.05) is 0 Å². The van der Waals surface area contributed by atoms with Crippen molar-refractivity contribution in [2.45, 2.75) is 39.5 Å². The highest BCUT2D eigenvalue weighted by molar-refractivity contribution is 4.90. The number of fused-ring (bicyclic) bond motifs is 2. The smallest absolute Gasteiger partial charge is 0.00177 e. The molecule has 0 heterocycles. The van der Waals surface area contributed by atoms with Gasteiger partial charge in [0.2, 0.25) is 0 Å². The Labute approximate surface area is 82.3 Å². The van der Waals surface area contributed by atoms with Gasteiger partial charge in [0.05, 0.1) is 0 Å². The summed E-state index contributed by atoms with van der Waals surface area (Å²) in [5.41, 5.74) is 0. The molecule has 0 aliphatic heterocycles. The number of nitrogens with one attached hydrogen (secondary N) is 1. The largest absolute Gasteiger partial charge is 0.316 e. The fraction of sp³-hybridized carbons (Fsp3) is 1.00. The average molecular weight is 181 g/mol. The van der Waals surface area contributed by atoms with E-state index >= 15 is 0 Å². The molecular formula is C12H23N. The van der Waals surface area contributed by atoms with Crippen LogP contribution in [-0.4, -0.2) is 13.1 Å². The molecule has 2 aliphatic rings. The summed E-state index contributed by atoms with van der Waals surface area (Å²) in [7, 11) is 0. The third-order valence-electron chi connectivity index (χ3n) is 3.84. The van der Waals surface area contributed by atoms with Gasteiger partial charge in [-0.05, 0) is 56.0 Å². The quantitative estimate of drug-likeness (QED) is 0.703. The third-order valence-corrected chi connectivity index (χ3v) is 3.84. The molecule has 0 spiro atoms. The maximum atomic E-state index is 3.61. The van der Waals surface area contributed by atoms with Crippen LogP contribution in [0, 0.1) is 23.7 Å². The Hall–Kier alpha value is -0.0400. The highest BCUT2D eigenvalue weighted by Crippen LogP contribution is 2.47. The monoisotopic (exact) mass is 181 g/mol. The van der Waals surface area contributed by atoms with Crippen LogP contribution >= 0.6 is 0 Å². The minimum absolute atomic E-state index is 0.804. The molecule has 2 saturated carbocycles. The SMILES string of the molecule is CC(C)CNCC1CC2CCC1C2. The summed E-state index contributed by atoms with van der Waals surface area (Å²) >= 11 is 0. The molecule has 3 unspecified atom stereocenters. The van der Waals surface area contributed by atoms with E-state index in [2.05, 4.69) is 19.2 Å². The summed E-state index contributed by atoms with van der Waals surface area (Å²) in [6.07, 6.45) is 6.13. The van der Waals surface area contributed by atoms with E-state index in [4.69, 9.17) is 0 Å². The van der Waals surface area contributed by atoms with Crippen molar-refractivity contribution in [3.05, 3.63) is 0 Å². The summed E-state index contributed by atoms with van der Waals surface area (Å²) in [5, 5.41) is 3.61. The minimum Gasteiger partial charge on any atom is -0.316 e. The normalized spacial score (nSPS) is 37.6. The van der Waals surface area contributed by atoms with Crippen molar-refractivity contribution in [2.24, 2.45) is 23.7 Å². The van der Waals surface area contributed by atoms with Gasteiger partial charge in [0.15, 0.2) is 0 Å². The molecular weight excluding hydrogens is 158 g/mol. The Balaban J connectivity index is 1.66. The van der Waals surface area contributed by atoms with E-state index in [1.54, 1.807) is 6.42 Å². The van der Waals surface area contributed by atoms with Crippen LogP contribution in [0.5, 0.6) is 0 Å². The van der Waals surface area contributed by atoms with E-state index in [-0.39, 0.29) is 0 Å². The van der Waals surface area contributed by atoms with Crippen LogP contribution < -0.4 is 5.32 Å². The molecule has 2 rings (SSSR count). The molecule has 13 heavy (non-hydrogen) atoms. The van der Waals surface area contributed by atoms with E-state index in [9.17, 15) is 0 Å². The average Bonchev–Trinajstić information content (AvgIpc) is 2.64. The van der Waals surface area contributed by atoms with Gasteiger partial charge in [-0.3, -0.25) is 0 Å². The van der Waals surface area contributed by atoms with Gasteiger partial charge in [-0.15, -0.1) is 0 Å². The molecule has 0 amide bonds. The Morgan fingerprint density at radius 2 is 2.08 bits per heavy atom. The molecule has 2 aliphatic carbocycles. The lowest BCUT2D eigenvalue weighted by atomic mass is 9.89. The van der Waals surface area contributed by atoms with Gasteiger partial charge in [-0.1, -0.05) is 20.3 Å². The van der Waals surface area contributed by atoms with Gasteiger partial charge in [-0.2, -0.15) is 0 Å². The van der Waals surface area contributed by atoms with Gasteiger partial charge in [0.1, 0.15) is 0 Å². The molecule has 1 heteroatoms. The highest BCUT2D eigenvalue weighted by atomic mass is 14.9. The Morgan fingerprint density at radius 3 is 2.62 bits per heavy atom. The van der Waals surface area contributed by atoms with E-state index in [1.165, 1.54) is 32.4 Å². The van der Waals surface area contributed by atoms with Crippen molar-refractivity contribution >= 4 is 0 Å². The van der Waals surface area contributed by atoms with E-state index in [0.717, 1.165) is 23.7 Å². The van der Waals surface area contributed by atoms with E-state index < -0.39 is 0 Å². The van der Waals surface area contributed by atoms with Crippen molar-refractivity contribution in [3.63, 3.8) is 0 Å². The lowest BCUT2D eigenvalue weighted by Gasteiger charge is -2.22. The van der Waals surface area contributed by atoms with Gasteiger partial charge < -0.3 is 5.32 Å². The van der Waals surface area contributed by atoms with Crippen LogP contribution in [0.25, 0.3) is 0 Å². The highest BCUT2D eigenvalue weighted by Gasteiger charge is 2.38. The third kappa shape index (κ3) is 2.25. The first-order valence-electron chi connectivity index (χ1n) is 5.96. The molecule has 0 aromatic rings. The van der Waals surface area contributed by atoms with Crippen LogP contribution in [0.4, 0.5) is 0 Å². The fourth-order valence-electron chi connectivity index (χ4n) is 3.18. The molecule has 0 aromatic carbocycles. The maximum absolute atomic E-state index is 3.61. The predicted molar refractivity (Wildman–Crippen MR) is 56.6 cm³/mol. The van der Waals surface area contributed by atoms with Crippen LogP contribution in [0.15, 0.2) is 0 Å². The Morgan fingerprint density at radius 1 is 1.23 bits per heavy atom. The molecule has 1 N–H and O–H groups in total. The molecule has 2 bridgehead atoms. The summed E-state index contributed by atoms with van der Waals surface area (Å²) in [5.74, 6) is 4.02. The maximum Gasteiger partial charge on any atom is -0.00177 e. The summed E-state index contributed by atoms with van der Waals surface area (Å²) < 4.78 is 0. The molecule has 0 saturated heterocycles. The van der Waals surface area contributed by atoms with Crippen LogP contribution in [0.1, 0.15) is 39.5 Å². The number of rotatable bonds is 4.